The molecule has 43 heavy (non-hydrogen) atoms. The van der Waals surface area contributed by atoms with E-state index >= 15 is 4.39 Å². The van der Waals surface area contributed by atoms with E-state index in [0.29, 0.717) is 28.7 Å². The number of rotatable bonds is 7. The number of aromatic amines is 1. The first-order valence-electron chi connectivity index (χ1n) is 14.2. The van der Waals surface area contributed by atoms with E-state index in [1.807, 2.05) is 30.3 Å². The van der Waals surface area contributed by atoms with Gasteiger partial charge in [-0.15, -0.1) is 0 Å². The molecule has 4 heterocycles. The molecule has 5 aromatic rings. The Balaban J connectivity index is 1.08. The summed E-state index contributed by atoms with van der Waals surface area (Å²) in [5.74, 6) is -0.467. The summed E-state index contributed by atoms with van der Waals surface area (Å²) in [7, 11) is 1.71. The molecule has 1 amide bonds. The first kappa shape index (κ1) is 26.9. The minimum atomic E-state index is -0.667. The van der Waals surface area contributed by atoms with Crippen LogP contribution in [0.4, 0.5) is 10.1 Å². The molecule has 2 aliphatic rings. The molecule has 218 valence electrons. The molecular formula is C33H30FN5O4. The van der Waals surface area contributed by atoms with E-state index in [1.165, 1.54) is 22.9 Å². The number of anilines is 1. The molecule has 1 aliphatic carbocycles. The number of nitrogens with one attached hydrogen (secondary N) is 2. The molecule has 2 N–H and O–H groups in total. The van der Waals surface area contributed by atoms with E-state index < -0.39 is 17.3 Å². The van der Waals surface area contributed by atoms with Gasteiger partial charge in [0.05, 0.1) is 29.0 Å². The molecule has 1 unspecified atom stereocenters. The second-order valence-corrected chi connectivity index (χ2v) is 11.3. The van der Waals surface area contributed by atoms with Gasteiger partial charge in [-0.2, -0.15) is 0 Å². The Bertz CT molecular complexity index is 1950. The zero-order chi connectivity index (χ0) is 29.7. The summed E-state index contributed by atoms with van der Waals surface area (Å²) in [4.78, 5) is 34.0. The van der Waals surface area contributed by atoms with Gasteiger partial charge in [-0.05, 0) is 68.7 Å². The van der Waals surface area contributed by atoms with Crippen LogP contribution in [0.5, 0.6) is 11.5 Å². The highest BCUT2D eigenvalue weighted by Crippen LogP contribution is 2.49. The Morgan fingerprint density at radius 2 is 1.98 bits per heavy atom. The summed E-state index contributed by atoms with van der Waals surface area (Å²) in [5.41, 5.74) is 2.46. The van der Waals surface area contributed by atoms with E-state index in [2.05, 4.69) is 21.4 Å². The second-order valence-electron chi connectivity index (χ2n) is 11.3. The number of hydrogen-bond donors (Lipinski definition) is 2. The van der Waals surface area contributed by atoms with Gasteiger partial charge in [0.25, 0.3) is 11.5 Å². The number of halogens is 1. The number of benzene rings is 2. The number of aromatic nitrogens is 4. The third-order valence-electron chi connectivity index (χ3n) is 8.30. The number of ether oxygens (including phenoxy) is 2. The summed E-state index contributed by atoms with van der Waals surface area (Å²) in [6.07, 6.45) is 9.16. The van der Waals surface area contributed by atoms with E-state index in [-0.39, 0.29) is 22.6 Å². The SMILES string of the molecule is Cc1c(C(=O)Nc2ccc(Oc3ccnc4[nH]c(/C=C/C5COC6(CC6)C5)cc34)c(F)c2)c(=O)n(-c2ccccc2)n1C. The van der Waals surface area contributed by atoms with Crippen LogP contribution in [0.25, 0.3) is 22.8 Å². The summed E-state index contributed by atoms with van der Waals surface area (Å²) < 4.78 is 30.1. The number of carbonyl (C=O) groups is 1. The lowest BCUT2D eigenvalue weighted by atomic mass is 10.0. The zero-order valence-corrected chi connectivity index (χ0v) is 23.8. The number of amides is 1. The van der Waals surface area contributed by atoms with Gasteiger partial charge in [0.2, 0.25) is 0 Å². The van der Waals surface area contributed by atoms with Gasteiger partial charge in [0, 0.05) is 36.6 Å². The minimum absolute atomic E-state index is 0.0102. The van der Waals surface area contributed by atoms with Crippen molar-refractivity contribution in [2.45, 2.75) is 31.8 Å². The Labute approximate surface area is 246 Å². The van der Waals surface area contributed by atoms with Gasteiger partial charge < -0.3 is 19.8 Å². The summed E-state index contributed by atoms with van der Waals surface area (Å²) in [5, 5.41) is 3.37. The summed E-state index contributed by atoms with van der Waals surface area (Å²) in [6.45, 7) is 2.44. The van der Waals surface area contributed by atoms with Crippen molar-refractivity contribution in [3.63, 3.8) is 0 Å². The Kier molecular flexibility index (Phi) is 6.50. The first-order valence-corrected chi connectivity index (χ1v) is 14.2. The molecule has 0 bridgehead atoms. The van der Waals surface area contributed by atoms with E-state index in [1.54, 1.807) is 43.0 Å². The van der Waals surface area contributed by atoms with Gasteiger partial charge >= 0.3 is 0 Å². The zero-order valence-electron chi connectivity index (χ0n) is 23.8. The molecule has 1 saturated carbocycles. The normalized spacial score (nSPS) is 17.2. The summed E-state index contributed by atoms with van der Waals surface area (Å²) in [6, 6.07) is 16.8. The highest BCUT2D eigenvalue weighted by Gasteiger charge is 2.49. The fraction of sp³-hybridized carbons (Fsp3) is 0.242. The largest absolute Gasteiger partial charge is 0.453 e. The molecule has 2 fully saturated rings. The first-order chi connectivity index (χ1) is 20.8. The molecule has 1 atom stereocenters. The number of fused-ring (bicyclic) bond motifs is 1. The number of H-pyrrole nitrogens is 1. The van der Waals surface area contributed by atoms with Crippen LogP contribution in [0.2, 0.25) is 0 Å². The number of pyridine rings is 1. The molecule has 1 saturated heterocycles. The number of nitrogens with zero attached hydrogens (tertiary/aromatic N) is 3. The van der Waals surface area contributed by atoms with Crippen molar-refractivity contribution in [3.8, 4) is 17.2 Å². The van der Waals surface area contributed by atoms with Gasteiger partial charge in [-0.1, -0.05) is 24.3 Å². The third-order valence-corrected chi connectivity index (χ3v) is 8.30. The lowest BCUT2D eigenvalue weighted by molar-refractivity contribution is 0.0888. The van der Waals surface area contributed by atoms with Gasteiger partial charge in [0.1, 0.15) is 17.0 Å². The molecule has 10 heteroatoms. The maximum absolute atomic E-state index is 15.2. The Morgan fingerprint density at radius 1 is 1.16 bits per heavy atom. The maximum atomic E-state index is 15.2. The Hall–Kier alpha value is -4.96. The summed E-state index contributed by atoms with van der Waals surface area (Å²) >= 11 is 0. The van der Waals surface area contributed by atoms with Crippen molar-refractivity contribution in [1.29, 1.82) is 0 Å². The molecule has 1 aliphatic heterocycles. The fourth-order valence-corrected chi connectivity index (χ4v) is 5.74. The van der Waals surface area contributed by atoms with Crippen LogP contribution in [0.1, 0.15) is 41.0 Å². The van der Waals surface area contributed by atoms with Crippen LogP contribution in [0.3, 0.4) is 0 Å². The number of para-hydroxylation sites is 1. The average molecular weight is 580 g/mol. The number of hydrogen-bond acceptors (Lipinski definition) is 5. The van der Waals surface area contributed by atoms with Crippen molar-refractivity contribution < 1.29 is 18.7 Å². The van der Waals surface area contributed by atoms with Crippen LogP contribution in [0.15, 0.2) is 77.7 Å². The average Bonchev–Trinajstić information content (AvgIpc) is 3.32. The van der Waals surface area contributed by atoms with Crippen LogP contribution >= 0.6 is 0 Å². The predicted molar refractivity (Wildman–Crippen MR) is 161 cm³/mol. The molecule has 0 radical (unpaired) electrons. The van der Waals surface area contributed by atoms with E-state index in [0.717, 1.165) is 36.9 Å². The van der Waals surface area contributed by atoms with Crippen molar-refractivity contribution in [2.75, 3.05) is 11.9 Å². The number of carbonyl (C=O) groups excluding carboxylic acids is 1. The molecule has 7 rings (SSSR count). The molecule has 3 aromatic heterocycles. The highest BCUT2D eigenvalue weighted by atomic mass is 19.1. The maximum Gasteiger partial charge on any atom is 0.284 e. The molecule has 2 aromatic carbocycles. The van der Waals surface area contributed by atoms with Crippen molar-refractivity contribution in [1.82, 2.24) is 19.3 Å². The van der Waals surface area contributed by atoms with E-state index in [9.17, 15) is 9.59 Å². The third kappa shape index (κ3) is 5.03. The van der Waals surface area contributed by atoms with Crippen molar-refractivity contribution in [2.24, 2.45) is 13.0 Å². The van der Waals surface area contributed by atoms with Crippen LogP contribution in [0, 0.1) is 18.7 Å². The molecule has 9 nitrogen and oxygen atoms in total. The van der Waals surface area contributed by atoms with Crippen LogP contribution < -0.4 is 15.6 Å². The van der Waals surface area contributed by atoms with Gasteiger partial charge in [-0.3, -0.25) is 14.3 Å². The Morgan fingerprint density at radius 3 is 2.72 bits per heavy atom. The minimum Gasteiger partial charge on any atom is -0.453 e. The second kappa shape index (κ2) is 10.4. The fourth-order valence-electron chi connectivity index (χ4n) is 5.74. The van der Waals surface area contributed by atoms with E-state index in [4.69, 9.17) is 9.47 Å². The quantitative estimate of drug-likeness (QED) is 0.242. The van der Waals surface area contributed by atoms with Crippen LogP contribution in [-0.2, 0) is 11.8 Å². The molecule has 1 spiro atoms. The van der Waals surface area contributed by atoms with Crippen molar-refractivity contribution in [3.05, 3.63) is 106 Å². The lowest BCUT2D eigenvalue weighted by Crippen LogP contribution is -2.25. The lowest BCUT2D eigenvalue weighted by Gasteiger charge is -2.10. The predicted octanol–water partition coefficient (Wildman–Crippen LogP) is 6.13. The van der Waals surface area contributed by atoms with Gasteiger partial charge in [-0.25, -0.2) is 14.1 Å². The monoisotopic (exact) mass is 579 g/mol. The highest BCUT2D eigenvalue weighted by molar-refractivity contribution is 6.05. The van der Waals surface area contributed by atoms with Crippen LogP contribution in [-0.4, -0.2) is 37.4 Å². The van der Waals surface area contributed by atoms with Crippen molar-refractivity contribution >= 4 is 28.7 Å². The molecular weight excluding hydrogens is 549 g/mol. The smallest absolute Gasteiger partial charge is 0.284 e. The van der Waals surface area contributed by atoms with Gasteiger partial charge in [0.15, 0.2) is 11.6 Å². The standard InChI is InChI=1S/C33H30FN5O4/c1-20-29(32(41)39(38(20)2)24-6-4-3-5-7-24)31(40)37-23-10-11-28(26(34)17-23)43-27-12-15-35-30-25(27)16-22(36-30)9-8-21-18-33(13-14-33)42-19-21/h3-12,15-17,21H,13-14,18-19H2,1-2H3,(H,35,36)(H,37,40)/b9-8+. The topological polar surface area (TPSA) is 103 Å².